The van der Waals surface area contributed by atoms with Crippen molar-refractivity contribution in [1.29, 1.82) is 0 Å². The van der Waals surface area contributed by atoms with Crippen LogP contribution in [0, 0.1) is 0 Å². The van der Waals surface area contributed by atoms with E-state index in [1.165, 1.54) is 30.3 Å². The summed E-state index contributed by atoms with van der Waals surface area (Å²) in [6.45, 7) is 0. The predicted octanol–water partition coefficient (Wildman–Crippen LogP) is 4.70. The number of isothiocyanates is 1. The highest BCUT2D eigenvalue weighted by molar-refractivity contribution is 7.78. The molecule has 0 fully saturated rings. The molecule has 2 N–H and O–H groups in total. The Hall–Kier alpha value is -3.80. The lowest BCUT2D eigenvalue weighted by Crippen LogP contribution is -2.03. The Morgan fingerprint density at radius 1 is 1.04 bits per heavy atom. The first kappa shape index (κ1) is 17.6. The van der Waals surface area contributed by atoms with Crippen LogP contribution in [0.1, 0.15) is 10.4 Å². The van der Waals surface area contributed by atoms with Gasteiger partial charge in [0.05, 0.1) is 16.4 Å². The number of nitrogens with zero attached hydrogens (tertiary/aromatic N) is 1. The van der Waals surface area contributed by atoms with Crippen molar-refractivity contribution in [3.63, 3.8) is 0 Å². The zero-order valence-electron chi connectivity index (χ0n) is 14.2. The van der Waals surface area contributed by atoms with Crippen LogP contribution < -0.4 is 5.43 Å². The van der Waals surface area contributed by atoms with E-state index in [1.54, 1.807) is 24.3 Å². The molecule has 1 aliphatic heterocycles. The number of aromatic carboxylic acids is 1. The number of phenols is 1. The van der Waals surface area contributed by atoms with Gasteiger partial charge in [-0.2, -0.15) is 4.99 Å². The highest BCUT2D eigenvalue weighted by Gasteiger charge is 2.22. The Balaban J connectivity index is 2.17. The van der Waals surface area contributed by atoms with Gasteiger partial charge in [0.2, 0.25) is 0 Å². The van der Waals surface area contributed by atoms with Crippen LogP contribution >= 0.6 is 12.2 Å². The number of hydrogen-bond donors (Lipinski definition) is 2. The number of aliphatic imine (C=N–C) groups is 1. The summed E-state index contributed by atoms with van der Waals surface area (Å²) in [6, 6.07) is 13.5. The molecular weight excluding hydrogens is 378 g/mol. The fraction of sp³-hybridized carbons (Fsp3) is 0. The van der Waals surface area contributed by atoms with Crippen LogP contribution in [0.4, 0.5) is 5.69 Å². The average molecular weight is 389 g/mol. The fourth-order valence-corrected chi connectivity index (χ4v) is 3.30. The predicted molar refractivity (Wildman–Crippen MR) is 108 cm³/mol. The minimum Gasteiger partial charge on any atom is -0.508 e. The van der Waals surface area contributed by atoms with Crippen molar-refractivity contribution in [3.8, 4) is 28.2 Å². The van der Waals surface area contributed by atoms with Crippen molar-refractivity contribution in [2.75, 3.05) is 0 Å². The molecule has 2 aromatic rings. The summed E-state index contributed by atoms with van der Waals surface area (Å²) in [4.78, 5) is 27.6. The maximum atomic E-state index is 11.9. The molecule has 0 atom stereocenters. The van der Waals surface area contributed by atoms with Crippen molar-refractivity contribution in [2.45, 2.75) is 0 Å². The maximum absolute atomic E-state index is 11.9. The van der Waals surface area contributed by atoms with Gasteiger partial charge in [-0.25, -0.2) is 4.79 Å². The van der Waals surface area contributed by atoms with Crippen molar-refractivity contribution in [2.24, 2.45) is 4.99 Å². The number of benzene rings is 3. The van der Waals surface area contributed by atoms with Crippen molar-refractivity contribution < 1.29 is 19.4 Å². The summed E-state index contributed by atoms with van der Waals surface area (Å²) in [5, 5.41) is 22.4. The van der Waals surface area contributed by atoms with Gasteiger partial charge in [-0.05, 0) is 54.2 Å². The van der Waals surface area contributed by atoms with Gasteiger partial charge in [-0.3, -0.25) is 4.79 Å². The van der Waals surface area contributed by atoms with Crippen LogP contribution in [0.2, 0.25) is 0 Å². The molecule has 0 bridgehead atoms. The third-order valence-electron chi connectivity index (χ3n) is 4.35. The summed E-state index contributed by atoms with van der Waals surface area (Å²) in [5.74, 6) is -0.861. The second-order valence-electron chi connectivity index (χ2n) is 6.05. The maximum Gasteiger partial charge on any atom is 0.336 e. The Morgan fingerprint density at radius 2 is 1.82 bits per heavy atom. The molecule has 7 heteroatoms. The molecule has 0 unspecified atom stereocenters. The number of carboxylic acids is 1. The second kappa shape index (κ2) is 6.74. The molecule has 0 spiro atoms. The van der Waals surface area contributed by atoms with Crippen molar-refractivity contribution in [1.82, 2.24) is 0 Å². The van der Waals surface area contributed by atoms with Gasteiger partial charge in [0.1, 0.15) is 17.1 Å². The summed E-state index contributed by atoms with van der Waals surface area (Å²) in [6.07, 6.45) is 0. The lowest BCUT2D eigenvalue weighted by atomic mass is 9.90. The number of carbonyl (C=O) groups is 1. The van der Waals surface area contributed by atoms with Crippen molar-refractivity contribution in [3.05, 3.63) is 70.4 Å². The van der Waals surface area contributed by atoms with E-state index in [-0.39, 0.29) is 22.5 Å². The van der Waals surface area contributed by atoms with Gasteiger partial charge < -0.3 is 14.6 Å². The van der Waals surface area contributed by atoms with E-state index in [0.717, 1.165) is 0 Å². The highest BCUT2D eigenvalue weighted by atomic mass is 32.1. The van der Waals surface area contributed by atoms with Crippen LogP contribution in [0.5, 0.6) is 5.75 Å². The van der Waals surface area contributed by atoms with E-state index in [4.69, 9.17) is 4.42 Å². The number of phenolic OH excluding ortho intramolecular Hbond substituents is 1. The van der Waals surface area contributed by atoms with Gasteiger partial charge in [-0.1, -0.05) is 6.07 Å². The number of aromatic hydroxyl groups is 1. The lowest BCUT2D eigenvalue weighted by Gasteiger charge is -2.16. The second-order valence-corrected chi connectivity index (χ2v) is 6.24. The number of carboxylic acid groups (broad SMARTS) is 1. The molecule has 2 aromatic carbocycles. The van der Waals surface area contributed by atoms with Gasteiger partial charge in [0.15, 0.2) is 5.43 Å². The average Bonchev–Trinajstić information content (AvgIpc) is 2.66. The first-order valence-corrected chi connectivity index (χ1v) is 8.54. The Labute approximate surface area is 163 Å². The Bertz CT molecular complexity index is 1330. The Kier molecular flexibility index (Phi) is 4.24. The van der Waals surface area contributed by atoms with E-state index >= 15 is 0 Å². The van der Waals surface area contributed by atoms with Crippen LogP contribution in [0.15, 0.2) is 68.8 Å². The molecule has 0 saturated heterocycles. The Morgan fingerprint density at radius 3 is 2.57 bits per heavy atom. The quantitative estimate of drug-likeness (QED) is 0.299. The zero-order valence-corrected chi connectivity index (χ0v) is 15.0. The van der Waals surface area contributed by atoms with E-state index in [2.05, 4.69) is 22.4 Å². The van der Waals surface area contributed by atoms with E-state index in [1.807, 2.05) is 0 Å². The zero-order chi connectivity index (χ0) is 19.8. The molecule has 136 valence electrons. The molecule has 2 aliphatic rings. The number of fused-ring (bicyclic) bond motifs is 2. The number of rotatable bonds is 3. The smallest absolute Gasteiger partial charge is 0.336 e. The molecule has 0 aromatic heterocycles. The molecular formula is C21H11NO5S. The van der Waals surface area contributed by atoms with Crippen LogP contribution in [0.25, 0.3) is 33.4 Å². The highest BCUT2D eigenvalue weighted by Crippen LogP contribution is 2.42. The van der Waals surface area contributed by atoms with Gasteiger partial charge in [0, 0.05) is 28.6 Å². The topological polar surface area (TPSA) is 100 Å². The van der Waals surface area contributed by atoms with E-state index < -0.39 is 5.97 Å². The third kappa shape index (κ3) is 2.95. The molecule has 0 saturated carbocycles. The first-order chi connectivity index (χ1) is 13.5. The molecule has 0 amide bonds. The molecule has 1 aliphatic carbocycles. The molecule has 1 heterocycles. The monoisotopic (exact) mass is 389 g/mol. The number of thiocarbonyl (C=S) groups is 1. The van der Waals surface area contributed by atoms with Crippen molar-refractivity contribution >= 4 is 40.0 Å². The van der Waals surface area contributed by atoms with E-state index in [9.17, 15) is 19.8 Å². The van der Waals surface area contributed by atoms with E-state index in [0.29, 0.717) is 33.3 Å². The SMILES string of the molecule is O=C(O)c1cc(N=C=S)ccc1-c1c2ccc(=O)cc-2oc2cc(O)ccc12. The van der Waals surface area contributed by atoms with Crippen LogP contribution in [-0.4, -0.2) is 21.3 Å². The lowest BCUT2D eigenvalue weighted by molar-refractivity contribution is 0.0697. The summed E-state index contributed by atoms with van der Waals surface area (Å²) in [5.41, 5.74) is 2.03. The van der Waals surface area contributed by atoms with Gasteiger partial charge in [-0.15, -0.1) is 0 Å². The molecule has 28 heavy (non-hydrogen) atoms. The molecule has 4 rings (SSSR count). The van der Waals surface area contributed by atoms with Gasteiger partial charge in [0.25, 0.3) is 0 Å². The van der Waals surface area contributed by atoms with Crippen LogP contribution in [0.3, 0.4) is 0 Å². The molecule has 0 radical (unpaired) electrons. The van der Waals surface area contributed by atoms with Crippen LogP contribution in [-0.2, 0) is 0 Å². The minimum atomic E-state index is -1.14. The third-order valence-corrected chi connectivity index (χ3v) is 4.45. The largest absolute Gasteiger partial charge is 0.508 e. The standard InChI is InChI=1S/C21H11NO5S/c23-12-2-5-15-18(8-12)27-19-9-13(24)3-6-16(19)20(15)14-4-1-11(22-10-28)7-17(14)21(25)26/h1-9,23H,(H,25,26). The first-order valence-electron chi connectivity index (χ1n) is 8.13. The summed E-state index contributed by atoms with van der Waals surface area (Å²) < 4.78 is 5.78. The number of hydrogen-bond acceptors (Lipinski definition) is 6. The van der Waals surface area contributed by atoms with Gasteiger partial charge >= 0.3 is 5.97 Å². The fourth-order valence-electron chi connectivity index (χ4n) is 3.20. The minimum absolute atomic E-state index is 0.0102. The summed E-state index contributed by atoms with van der Waals surface area (Å²) >= 11 is 4.59. The molecule has 6 nitrogen and oxygen atoms in total. The normalized spacial score (nSPS) is 10.7. The summed E-state index contributed by atoms with van der Waals surface area (Å²) in [7, 11) is 0.